The molecule has 0 aromatic heterocycles. The fourth-order valence-corrected chi connectivity index (χ4v) is 2.86. The van der Waals surface area contributed by atoms with Gasteiger partial charge in [0.05, 0.1) is 18.6 Å². The Morgan fingerprint density at radius 2 is 1.70 bits per heavy atom. The van der Waals surface area contributed by atoms with Gasteiger partial charge in [0, 0.05) is 12.8 Å². The maximum atomic E-state index is 12.8. The van der Waals surface area contributed by atoms with Crippen LogP contribution in [-0.2, 0) is 14.3 Å². The predicted octanol–water partition coefficient (Wildman–Crippen LogP) is 4.20. The first-order valence-electron chi connectivity index (χ1n) is 7.80. The Hall–Kier alpha value is -0.570. The Morgan fingerprint density at radius 1 is 1.20 bits per heavy atom. The van der Waals surface area contributed by atoms with Crippen LogP contribution in [0.1, 0.15) is 67.7 Å². The van der Waals surface area contributed by atoms with E-state index < -0.39 is 5.41 Å². The Morgan fingerprint density at radius 3 is 2.10 bits per heavy atom. The third-order valence-electron chi connectivity index (χ3n) is 4.53. The van der Waals surface area contributed by atoms with Gasteiger partial charge in [0.1, 0.15) is 5.60 Å². The molecule has 0 N–H and O–H groups in total. The van der Waals surface area contributed by atoms with Crippen LogP contribution in [0.25, 0.3) is 0 Å². The molecule has 0 radical (unpaired) electrons. The van der Waals surface area contributed by atoms with Gasteiger partial charge in [0.2, 0.25) is 0 Å². The standard InChI is InChI=1S/C17H32O3/c1-13(2)17(7,12-15(3,4)5)14(18)20-16(6)8-10-19-11-9-16/h13H,8-12H2,1-7H3. The summed E-state index contributed by atoms with van der Waals surface area (Å²) in [5.41, 5.74) is -0.683. The fraction of sp³-hybridized carbons (Fsp3) is 0.941. The zero-order valence-electron chi connectivity index (χ0n) is 14.3. The van der Waals surface area contributed by atoms with E-state index in [0.29, 0.717) is 13.2 Å². The number of esters is 1. The van der Waals surface area contributed by atoms with Gasteiger partial charge in [0.15, 0.2) is 0 Å². The third-order valence-corrected chi connectivity index (χ3v) is 4.53. The summed E-state index contributed by atoms with van der Waals surface area (Å²) in [6.45, 7) is 16.2. The number of carbonyl (C=O) groups excluding carboxylic acids is 1. The smallest absolute Gasteiger partial charge is 0.312 e. The molecule has 1 fully saturated rings. The molecule has 1 aliphatic rings. The second-order valence-electron chi connectivity index (χ2n) is 8.26. The van der Waals surface area contributed by atoms with Crippen molar-refractivity contribution < 1.29 is 14.3 Å². The molecule has 1 rings (SSSR count). The minimum atomic E-state index is -0.431. The molecule has 1 aliphatic heterocycles. The number of hydrogen-bond acceptors (Lipinski definition) is 3. The minimum Gasteiger partial charge on any atom is -0.459 e. The molecule has 20 heavy (non-hydrogen) atoms. The third kappa shape index (κ3) is 4.47. The van der Waals surface area contributed by atoms with Crippen molar-refractivity contribution in [2.24, 2.45) is 16.7 Å². The van der Waals surface area contributed by atoms with Crippen molar-refractivity contribution in [2.45, 2.75) is 73.3 Å². The topological polar surface area (TPSA) is 35.5 Å². The monoisotopic (exact) mass is 284 g/mol. The first kappa shape index (κ1) is 17.5. The van der Waals surface area contributed by atoms with E-state index in [1.165, 1.54) is 0 Å². The first-order valence-corrected chi connectivity index (χ1v) is 7.80. The summed E-state index contributed by atoms with van der Waals surface area (Å²) in [7, 11) is 0. The lowest BCUT2D eigenvalue weighted by Gasteiger charge is -2.41. The SMILES string of the molecule is CC(C)C(C)(CC(C)(C)C)C(=O)OC1(C)CCOCC1. The average molecular weight is 284 g/mol. The van der Waals surface area contributed by atoms with E-state index in [-0.39, 0.29) is 22.9 Å². The fourth-order valence-electron chi connectivity index (χ4n) is 2.86. The average Bonchev–Trinajstić information content (AvgIpc) is 2.26. The molecule has 1 saturated heterocycles. The van der Waals surface area contributed by atoms with Crippen molar-refractivity contribution in [1.29, 1.82) is 0 Å². The van der Waals surface area contributed by atoms with Crippen LogP contribution >= 0.6 is 0 Å². The molecule has 0 amide bonds. The van der Waals surface area contributed by atoms with Gasteiger partial charge in [-0.05, 0) is 31.6 Å². The van der Waals surface area contributed by atoms with Crippen molar-refractivity contribution in [1.82, 2.24) is 0 Å². The van der Waals surface area contributed by atoms with Gasteiger partial charge in [0.25, 0.3) is 0 Å². The Labute approximate surface area is 124 Å². The van der Waals surface area contributed by atoms with Crippen molar-refractivity contribution in [3.8, 4) is 0 Å². The molecule has 0 spiro atoms. The zero-order chi connectivity index (χ0) is 15.6. The van der Waals surface area contributed by atoms with Crippen LogP contribution in [0, 0.1) is 16.7 Å². The normalized spacial score (nSPS) is 22.4. The molecule has 0 aromatic carbocycles. The molecule has 0 saturated carbocycles. The molecule has 0 bridgehead atoms. The van der Waals surface area contributed by atoms with E-state index in [2.05, 4.69) is 34.6 Å². The van der Waals surface area contributed by atoms with Gasteiger partial charge in [-0.1, -0.05) is 34.6 Å². The predicted molar refractivity (Wildman–Crippen MR) is 81.6 cm³/mol. The van der Waals surface area contributed by atoms with Crippen LogP contribution in [0.2, 0.25) is 0 Å². The van der Waals surface area contributed by atoms with E-state index in [1.54, 1.807) is 0 Å². The first-order chi connectivity index (χ1) is 8.99. The van der Waals surface area contributed by atoms with Gasteiger partial charge < -0.3 is 9.47 Å². The molecule has 0 aromatic rings. The zero-order valence-corrected chi connectivity index (χ0v) is 14.3. The highest BCUT2D eigenvalue weighted by atomic mass is 16.6. The summed E-state index contributed by atoms with van der Waals surface area (Å²) >= 11 is 0. The van der Waals surface area contributed by atoms with Crippen LogP contribution in [0.4, 0.5) is 0 Å². The van der Waals surface area contributed by atoms with Crippen LogP contribution < -0.4 is 0 Å². The lowest BCUT2D eigenvalue weighted by Crippen LogP contribution is -2.45. The minimum absolute atomic E-state index is 0.0492. The van der Waals surface area contributed by atoms with Crippen molar-refractivity contribution in [3.63, 3.8) is 0 Å². The highest BCUT2D eigenvalue weighted by molar-refractivity contribution is 5.77. The van der Waals surface area contributed by atoms with Gasteiger partial charge in [-0.2, -0.15) is 0 Å². The van der Waals surface area contributed by atoms with E-state index in [0.717, 1.165) is 19.3 Å². The molecular weight excluding hydrogens is 252 g/mol. The van der Waals surface area contributed by atoms with Crippen LogP contribution in [0.5, 0.6) is 0 Å². The van der Waals surface area contributed by atoms with E-state index >= 15 is 0 Å². The summed E-state index contributed by atoms with van der Waals surface area (Å²) in [5, 5.41) is 0. The highest BCUT2D eigenvalue weighted by Crippen LogP contribution is 2.42. The van der Waals surface area contributed by atoms with Crippen LogP contribution in [0.3, 0.4) is 0 Å². The van der Waals surface area contributed by atoms with Gasteiger partial charge in [-0.15, -0.1) is 0 Å². The maximum Gasteiger partial charge on any atom is 0.312 e. The van der Waals surface area contributed by atoms with Crippen LogP contribution in [-0.4, -0.2) is 24.8 Å². The van der Waals surface area contributed by atoms with Crippen molar-refractivity contribution >= 4 is 5.97 Å². The van der Waals surface area contributed by atoms with Crippen molar-refractivity contribution in [2.75, 3.05) is 13.2 Å². The maximum absolute atomic E-state index is 12.8. The second-order valence-corrected chi connectivity index (χ2v) is 8.26. The van der Waals surface area contributed by atoms with E-state index in [1.807, 2.05) is 13.8 Å². The van der Waals surface area contributed by atoms with Gasteiger partial charge in [-0.3, -0.25) is 4.79 Å². The molecule has 0 aliphatic carbocycles. The second kappa shape index (κ2) is 6.05. The molecule has 118 valence electrons. The number of rotatable bonds is 4. The van der Waals surface area contributed by atoms with Crippen molar-refractivity contribution in [3.05, 3.63) is 0 Å². The molecule has 3 nitrogen and oxygen atoms in total. The largest absolute Gasteiger partial charge is 0.459 e. The molecule has 1 heterocycles. The molecule has 1 unspecified atom stereocenters. The number of ether oxygens (including phenoxy) is 2. The lowest BCUT2D eigenvalue weighted by atomic mass is 9.68. The quantitative estimate of drug-likeness (QED) is 0.726. The summed E-state index contributed by atoms with van der Waals surface area (Å²) in [5.74, 6) is 0.212. The molecular formula is C17H32O3. The van der Waals surface area contributed by atoms with E-state index in [4.69, 9.17) is 9.47 Å². The summed E-state index contributed by atoms with van der Waals surface area (Å²) in [6.07, 6.45) is 2.42. The highest BCUT2D eigenvalue weighted by Gasteiger charge is 2.44. The van der Waals surface area contributed by atoms with Gasteiger partial charge >= 0.3 is 5.97 Å². The van der Waals surface area contributed by atoms with Gasteiger partial charge in [-0.25, -0.2) is 0 Å². The summed E-state index contributed by atoms with van der Waals surface area (Å²) < 4.78 is 11.3. The Balaban J connectivity index is 2.84. The molecule has 3 heteroatoms. The summed E-state index contributed by atoms with van der Waals surface area (Å²) in [4.78, 5) is 12.8. The molecule has 1 atom stereocenters. The van der Waals surface area contributed by atoms with E-state index in [9.17, 15) is 4.79 Å². The Kier molecular flexibility index (Phi) is 5.29. The number of hydrogen-bond donors (Lipinski definition) is 0. The lowest BCUT2D eigenvalue weighted by molar-refractivity contribution is -0.182. The Bertz CT molecular complexity index is 335. The van der Waals surface area contributed by atoms with Crippen LogP contribution in [0.15, 0.2) is 0 Å². The number of carbonyl (C=O) groups is 1. The summed E-state index contributed by atoms with van der Waals surface area (Å²) in [6, 6.07) is 0.